The highest BCUT2D eigenvalue weighted by Gasteiger charge is 2.29. The molecule has 1 aliphatic heterocycles. The molecule has 0 radical (unpaired) electrons. The topological polar surface area (TPSA) is 74.3 Å². The summed E-state index contributed by atoms with van der Waals surface area (Å²) < 4.78 is 0. The summed E-state index contributed by atoms with van der Waals surface area (Å²) in [6, 6.07) is 12.7. The van der Waals surface area contributed by atoms with E-state index in [0.29, 0.717) is 17.9 Å². The third-order valence-electron chi connectivity index (χ3n) is 5.54. The summed E-state index contributed by atoms with van der Waals surface area (Å²) in [4.78, 5) is 31.9. The minimum atomic E-state index is -0.584. The fraction of sp³-hybridized carbons (Fsp3) is 0.435. The number of hydrogen-bond acceptors (Lipinski definition) is 4. The molecular weight excluding hydrogens is 364 g/mol. The van der Waals surface area contributed by atoms with E-state index in [1.165, 1.54) is 6.20 Å². The van der Waals surface area contributed by atoms with Gasteiger partial charge in [0.15, 0.2) is 0 Å². The zero-order chi connectivity index (χ0) is 20.5. The van der Waals surface area contributed by atoms with Crippen LogP contribution in [-0.2, 0) is 11.2 Å². The van der Waals surface area contributed by atoms with Crippen LogP contribution in [0.15, 0.2) is 54.9 Å². The van der Waals surface area contributed by atoms with E-state index in [4.69, 9.17) is 0 Å². The lowest BCUT2D eigenvalue weighted by Crippen LogP contribution is -2.51. The van der Waals surface area contributed by atoms with Gasteiger partial charge in [0.2, 0.25) is 5.91 Å². The quantitative estimate of drug-likeness (QED) is 0.720. The second-order valence-electron chi connectivity index (χ2n) is 7.62. The highest BCUT2D eigenvalue weighted by molar-refractivity contribution is 5.97. The molecule has 1 aliphatic rings. The molecule has 1 aromatic heterocycles. The van der Waals surface area contributed by atoms with Crippen molar-refractivity contribution >= 4 is 11.8 Å². The Balaban J connectivity index is 1.67. The summed E-state index contributed by atoms with van der Waals surface area (Å²) in [6.07, 6.45) is 6.80. The number of piperidine rings is 1. The maximum Gasteiger partial charge on any atom is 0.253 e. The van der Waals surface area contributed by atoms with Crippen molar-refractivity contribution in [3.63, 3.8) is 0 Å². The molecular formula is C23H30N4O2. The third-order valence-corrected chi connectivity index (χ3v) is 5.54. The molecule has 6 heteroatoms. The molecule has 1 fully saturated rings. The zero-order valence-corrected chi connectivity index (χ0v) is 17.0. The van der Waals surface area contributed by atoms with Crippen LogP contribution in [0.5, 0.6) is 0 Å². The maximum absolute atomic E-state index is 13.3. The highest BCUT2D eigenvalue weighted by atomic mass is 16.2. The van der Waals surface area contributed by atoms with Crippen molar-refractivity contribution in [3.8, 4) is 0 Å². The smallest absolute Gasteiger partial charge is 0.253 e. The van der Waals surface area contributed by atoms with Gasteiger partial charge in [-0.05, 0) is 56.5 Å². The van der Waals surface area contributed by atoms with E-state index in [-0.39, 0.29) is 11.8 Å². The minimum Gasteiger partial charge on any atom is -0.341 e. The lowest BCUT2D eigenvalue weighted by atomic mass is 9.93. The predicted molar refractivity (Wildman–Crippen MR) is 113 cm³/mol. The predicted octanol–water partition coefficient (Wildman–Crippen LogP) is 2.27. The van der Waals surface area contributed by atoms with Crippen molar-refractivity contribution in [1.29, 1.82) is 0 Å². The second kappa shape index (κ2) is 10.7. The Kier molecular flexibility index (Phi) is 7.76. The first kappa shape index (κ1) is 21.0. The van der Waals surface area contributed by atoms with Crippen LogP contribution in [0.2, 0.25) is 0 Å². The number of pyridine rings is 1. The van der Waals surface area contributed by atoms with E-state index in [2.05, 4.69) is 15.6 Å². The van der Waals surface area contributed by atoms with Crippen LogP contribution in [0.25, 0.3) is 0 Å². The van der Waals surface area contributed by atoms with Gasteiger partial charge in [0, 0.05) is 31.9 Å². The van der Waals surface area contributed by atoms with Gasteiger partial charge < -0.3 is 15.5 Å². The van der Waals surface area contributed by atoms with Crippen molar-refractivity contribution in [2.24, 2.45) is 5.92 Å². The van der Waals surface area contributed by atoms with Gasteiger partial charge in [-0.1, -0.05) is 30.3 Å². The van der Waals surface area contributed by atoms with E-state index in [1.54, 1.807) is 18.3 Å². The van der Waals surface area contributed by atoms with Gasteiger partial charge in [0.25, 0.3) is 5.91 Å². The van der Waals surface area contributed by atoms with E-state index in [0.717, 1.165) is 44.5 Å². The number of nitrogens with one attached hydrogen (secondary N) is 2. The Hall–Kier alpha value is -2.73. The Morgan fingerprint density at radius 1 is 1.14 bits per heavy atom. The minimum absolute atomic E-state index is 0.00170. The molecule has 6 nitrogen and oxygen atoms in total. The van der Waals surface area contributed by atoms with Crippen LogP contribution < -0.4 is 10.6 Å². The van der Waals surface area contributed by atoms with Gasteiger partial charge >= 0.3 is 0 Å². The molecule has 2 heterocycles. The van der Waals surface area contributed by atoms with Crippen LogP contribution >= 0.6 is 0 Å². The standard InChI is InChI=1S/C23H30N4O2/c1-24-13-9-18-10-14-27(15-11-18)23(29)21(16-19-6-3-2-4-7-19)26-22(28)20-8-5-12-25-17-20/h2-8,12,17-18,21,24H,9-11,13-16H2,1H3,(H,26,28). The van der Waals surface area contributed by atoms with Crippen molar-refractivity contribution in [3.05, 3.63) is 66.0 Å². The average Bonchev–Trinajstić information content (AvgIpc) is 2.78. The molecule has 0 aliphatic carbocycles. The van der Waals surface area contributed by atoms with Crippen molar-refractivity contribution in [2.45, 2.75) is 31.7 Å². The number of aromatic nitrogens is 1. The Morgan fingerprint density at radius 2 is 1.90 bits per heavy atom. The molecule has 0 bridgehead atoms. The number of likely N-dealkylation sites (tertiary alicyclic amines) is 1. The van der Waals surface area contributed by atoms with Crippen molar-refractivity contribution < 1.29 is 9.59 Å². The molecule has 2 N–H and O–H groups in total. The normalized spacial score (nSPS) is 15.7. The molecule has 3 rings (SSSR count). The first-order valence-electron chi connectivity index (χ1n) is 10.4. The lowest BCUT2D eigenvalue weighted by Gasteiger charge is -2.34. The number of rotatable bonds is 8. The van der Waals surface area contributed by atoms with Crippen molar-refractivity contribution in [1.82, 2.24) is 20.5 Å². The van der Waals surface area contributed by atoms with Gasteiger partial charge in [-0.25, -0.2) is 0 Å². The molecule has 154 valence electrons. The number of nitrogens with zero attached hydrogens (tertiary/aromatic N) is 2. The molecule has 2 aromatic rings. The van der Waals surface area contributed by atoms with Gasteiger partial charge in [-0.3, -0.25) is 14.6 Å². The summed E-state index contributed by atoms with van der Waals surface area (Å²) in [5.41, 5.74) is 1.49. The number of benzene rings is 1. The Morgan fingerprint density at radius 3 is 2.55 bits per heavy atom. The van der Waals surface area contributed by atoms with Crippen molar-refractivity contribution in [2.75, 3.05) is 26.7 Å². The third kappa shape index (κ3) is 6.12. The second-order valence-corrected chi connectivity index (χ2v) is 7.62. The summed E-state index contributed by atoms with van der Waals surface area (Å²) >= 11 is 0. The van der Waals surface area contributed by atoms with Crippen LogP contribution in [0, 0.1) is 5.92 Å². The number of carbonyl (C=O) groups excluding carboxylic acids is 2. The van der Waals surface area contributed by atoms with E-state index in [1.807, 2.05) is 42.3 Å². The molecule has 1 unspecified atom stereocenters. The largest absolute Gasteiger partial charge is 0.341 e. The number of amides is 2. The van der Waals surface area contributed by atoms with Crippen LogP contribution in [0.3, 0.4) is 0 Å². The Bertz CT molecular complexity index is 774. The van der Waals surface area contributed by atoms with Crippen LogP contribution in [0.1, 0.15) is 35.2 Å². The molecule has 1 atom stereocenters. The number of carbonyl (C=O) groups is 2. The molecule has 1 aromatic carbocycles. The monoisotopic (exact) mass is 394 g/mol. The van der Waals surface area contributed by atoms with Crippen LogP contribution in [0.4, 0.5) is 0 Å². The number of hydrogen-bond donors (Lipinski definition) is 2. The Labute approximate surface area is 172 Å². The summed E-state index contributed by atoms with van der Waals surface area (Å²) in [7, 11) is 1.97. The molecule has 2 amide bonds. The SMILES string of the molecule is CNCCC1CCN(C(=O)C(Cc2ccccc2)NC(=O)c2cccnc2)CC1. The van der Waals surface area contributed by atoms with E-state index >= 15 is 0 Å². The summed E-state index contributed by atoms with van der Waals surface area (Å²) in [6.45, 7) is 2.51. The van der Waals surface area contributed by atoms with E-state index < -0.39 is 6.04 Å². The average molecular weight is 395 g/mol. The fourth-order valence-electron chi connectivity index (χ4n) is 3.80. The lowest BCUT2D eigenvalue weighted by molar-refractivity contribution is -0.134. The first-order chi connectivity index (χ1) is 14.2. The molecule has 0 saturated carbocycles. The molecule has 29 heavy (non-hydrogen) atoms. The maximum atomic E-state index is 13.3. The van der Waals surface area contributed by atoms with Gasteiger partial charge in [0.05, 0.1) is 5.56 Å². The zero-order valence-electron chi connectivity index (χ0n) is 17.0. The molecule has 1 saturated heterocycles. The van der Waals surface area contributed by atoms with Gasteiger partial charge in [-0.2, -0.15) is 0 Å². The van der Waals surface area contributed by atoms with Gasteiger partial charge in [-0.15, -0.1) is 0 Å². The first-order valence-corrected chi connectivity index (χ1v) is 10.4. The fourth-order valence-corrected chi connectivity index (χ4v) is 3.80. The molecule has 0 spiro atoms. The summed E-state index contributed by atoms with van der Waals surface area (Å²) in [5.74, 6) is 0.388. The van der Waals surface area contributed by atoms with E-state index in [9.17, 15) is 9.59 Å². The highest BCUT2D eigenvalue weighted by Crippen LogP contribution is 2.21. The van der Waals surface area contributed by atoms with Crippen LogP contribution in [-0.4, -0.2) is 54.4 Å². The summed E-state index contributed by atoms with van der Waals surface area (Å²) in [5, 5.41) is 6.14. The van der Waals surface area contributed by atoms with Gasteiger partial charge in [0.1, 0.15) is 6.04 Å².